The van der Waals surface area contributed by atoms with E-state index in [9.17, 15) is 31.5 Å². The lowest BCUT2D eigenvalue weighted by Gasteiger charge is -2.16. The zero-order valence-corrected chi connectivity index (χ0v) is 12.6. The first-order valence-corrected chi connectivity index (χ1v) is 7.45. The number of allylic oxidation sites excluding steroid dienone is 2. The monoisotopic (exact) mass is 361 g/mol. The Balaban J connectivity index is 1.62. The van der Waals surface area contributed by atoms with Gasteiger partial charge >= 0.3 is 5.97 Å². The molecule has 0 spiro atoms. The van der Waals surface area contributed by atoms with Crippen LogP contribution in [0, 0.1) is 46.8 Å². The minimum absolute atomic E-state index is 0.0377. The first kappa shape index (κ1) is 17.4. The molecule has 1 aromatic rings. The van der Waals surface area contributed by atoms with Gasteiger partial charge in [-0.05, 0) is 24.7 Å². The maximum Gasteiger partial charge on any atom is 0.310 e. The van der Waals surface area contributed by atoms with Crippen molar-refractivity contribution in [3.63, 3.8) is 0 Å². The van der Waals surface area contributed by atoms with Crippen molar-refractivity contribution in [2.24, 2.45) is 17.8 Å². The molecule has 1 aromatic carbocycles. The van der Waals surface area contributed by atoms with Crippen LogP contribution in [0.2, 0.25) is 0 Å². The van der Waals surface area contributed by atoms with Gasteiger partial charge in [-0.2, -0.15) is 0 Å². The third-order valence-electron chi connectivity index (χ3n) is 4.40. The topological polar surface area (TPSA) is 55.4 Å². The van der Waals surface area contributed by atoms with Crippen LogP contribution in [0.5, 0.6) is 0 Å². The van der Waals surface area contributed by atoms with Crippen molar-refractivity contribution in [3.8, 4) is 0 Å². The molecule has 1 amide bonds. The fraction of sp³-hybridized carbons (Fsp3) is 0.375. The Morgan fingerprint density at radius 1 is 0.960 bits per heavy atom. The summed E-state index contributed by atoms with van der Waals surface area (Å²) in [6.07, 6.45) is 5.33. The van der Waals surface area contributed by atoms with E-state index >= 15 is 0 Å². The quantitative estimate of drug-likeness (QED) is 0.295. The maximum atomic E-state index is 13.5. The van der Waals surface area contributed by atoms with Crippen molar-refractivity contribution in [1.29, 1.82) is 0 Å². The minimum Gasteiger partial charge on any atom is -0.455 e. The van der Waals surface area contributed by atoms with E-state index in [0.29, 0.717) is 12.3 Å². The SMILES string of the molecule is O=C(COC(=O)[C@@H]1C[C@H]2C=C[C@@H]1C2)Nc1c(F)c(F)c(F)c(F)c1F. The van der Waals surface area contributed by atoms with Crippen LogP contribution in [0.1, 0.15) is 12.8 Å². The number of hydrogen-bond acceptors (Lipinski definition) is 3. The Morgan fingerprint density at radius 2 is 1.56 bits per heavy atom. The van der Waals surface area contributed by atoms with Crippen molar-refractivity contribution < 1.29 is 36.3 Å². The highest BCUT2D eigenvalue weighted by Gasteiger charge is 2.40. The summed E-state index contributed by atoms with van der Waals surface area (Å²) < 4.78 is 70.7. The van der Waals surface area contributed by atoms with Crippen LogP contribution < -0.4 is 5.32 Å². The predicted octanol–water partition coefficient (Wildman–Crippen LogP) is 3.08. The van der Waals surface area contributed by atoms with Gasteiger partial charge in [0.05, 0.1) is 5.92 Å². The van der Waals surface area contributed by atoms with Gasteiger partial charge in [-0.15, -0.1) is 0 Å². The average Bonchev–Trinajstić information content (AvgIpc) is 3.23. The molecule has 3 rings (SSSR count). The van der Waals surface area contributed by atoms with Gasteiger partial charge in [0.1, 0.15) is 5.69 Å². The summed E-state index contributed by atoms with van der Waals surface area (Å²) in [6, 6.07) is 0. The van der Waals surface area contributed by atoms with Crippen LogP contribution >= 0.6 is 0 Å². The molecule has 2 aliphatic carbocycles. The number of carbonyl (C=O) groups is 2. The number of rotatable bonds is 4. The fourth-order valence-electron chi connectivity index (χ4n) is 3.19. The molecule has 9 heteroatoms. The minimum atomic E-state index is -2.33. The number of amides is 1. The van der Waals surface area contributed by atoms with Gasteiger partial charge in [0, 0.05) is 0 Å². The normalized spacial score (nSPS) is 23.8. The summed E-state index contributed by atoms with van der Waals surface area (Å²) >= 11 is 0. The Morgan fingerprint density at radius 3 is 2.08 bits per heavy atom. The molecule has 2 bridgehead atoms. The van der Waals surface area contributed by atoms with Crippen molar-refractivity contribution in [2.75, 3.05) is 11.9 Å². The van der Waals surface area contributed by atoms with E-state index in [1.807, 2.05) is 12.2 Å². The highest BCUT2D eigenvalue weighted by atomic mass is 19.2. The molecule has 1 N–H and O–H groups in total. The number of benzene rings is 1. The first-order chi connectivity index (χ1) is 11.8. The van der Waals surface area contributed by atoms with Crippen LogP contribution in [-0.4, -0.2) is 18.5 Å². The number of carbonyl (C=O) groups excluding carboxylic acids is 2. The van der Waals surface area contributed by atoms with Crippen LogP contribution in [0.25, 0.3) is 0 Å². The summed E-state index contributed by atoms with van der Waals surface area (Å²) in [5.74, 6) is -12.9. The van der Waals surface area contributed by atoms with Gasteiger partial charge in [-0.1, -0.05) is 12.2 Å². The molecule has 1 fully saturated rings. The zero-order chi connectivity index (χ0) is 18.3. The van der Waals surface area contributed by atoms with E-state index in [1.165, 1.54) is 0 Å². The number of esters is 1. The molecule has 0 saturated heterocycles. The van der Waals surface area contributed by atoms with E-state index in [1.54, 1.807) is 5.32 Å². The second-order valence-corrected chi connectivity index (χ2v) is 5.99. The van der Waals surface area contributed by atoms with E-state index in [0.717, 1.165) is 6.42 Å². The molecular weight excluding hydrogens is 349 g/mol. The van der Waals surface area contributed by atoms with Crippen LogP contribution in [-0.2, 0) is 14.3 Å². The lowest BCUT2D eigenvalue weighted by atomic mass is 9.94. The summed E-state index contributed by atoms with van der Waals surface area (Å²) in [7, 11) is 0. The van der Waals surface area contributed by atoms with Crippen molar-refractivity contribution in [3.05, 3.63) is 41.2 Å². The van der Waals surface area contributed by atoms with Crippen molar-refractivity contribution >= 4 is 17.6 Å². The third-order valence-corrected chi connectivity index (χ3v) is 4.40. The van der Waals surface area contributed by atoms with E-state index in [4.69, 9.17) is 4.74 Å². The van der Waals surface area contributed by atoms with Gasteiger partial charge in [0.25, 0.3) is 5.91 Å². The molecule has 0 heterocycles. The average molecular weight is 361 g/mol. The lowest BCUT2D eigenvalue weighted by Crippen LogP contribution is -2.27. The fourth-order valence-corrected chi connectivity index (χ4v) is 3.19. The Hall–Kier alpha value is -2.45. The number of anilines is 1. The third kappa shape index (κ3) is 3.10. The number of ether oxygens (including phenoxy) is 1. The molecule has 4 nitrogen and oxygen atoms in total. The largest absolute Gasteiger partial charge is 0.455 e. The molecule has 0 radical (unpaired) electrons. The van der Waals surface area contributed by atoms with E-state index in [-0.39, 0.29) is 5.92 Å². The van der Waals surface area contributed by atoms with Gasteiger partial charge in [-0.3, -0.25) is 9.59 Å². The zero-order valence-electron chi connectivity index (χ0n) is 12.6. The second kappa shape index (κ2) is 6.45. The maximum absolute atomic E-state index is 13.5. The Kier molecular flexibility index (Phi) is 4.49. The first-order valence-electron chi connectivity index (χ1n) is 7.45. The summed E-state index contributed by atoms with van der Waals surface area (Å²) in [4.78, 5) is 23.6. The Bertz CT molecular complexity index is 751. The van der Waals surface area contributed by atoms with Crippen molar-refractivity contribution in [2.45, 2.75) is 12.8 Å². The van der Waals surface area contributed by atoms with Crippen molar-refractivity contribution in [1.82, 2.24) is 0 Å². The molecule has 25 heavy (non-hydrogen) atoms. The van der Waals surface area contributed by atoms with E-state index < -0.39 is 59.2 Å². The lowest BCUT2D eigenvalue weighted by molar-refractivity contribution is -0.152. The number of fused-ring (bicyclic) bond motifs is 2. The van der Waals surface area contributed by atoms with Crippen LogP contribution in [0.15, 0.2) is 12.2 Å². The van der Waals surface area contributed by atoms with Crippen LogP contribution in [0.3, 0.4) is 0 Å². The smallest absolute Gasteiger partial charge is 0.310 e. The van der Waals surface area contributed by atoms with Gasteiger partial charge in [0.2, 0.25) is 5.82 Å². The highest BCUT2D eigenvalue weighted by molar-refractivity contribution is 5.93. The van der Waals surface area contributed by atoms with E-state index in [2.05, 4.69) is 0 Å². The number of halogens is 5. The number of hydrogen-bond donors (Lipinski definition) is 1. The summed E-state index contributed by atoms with van der Waals surface area (Å²) in [6.45, 7) is -0.893. The highest BCUT2D eigenvalue weighted by Crippen LogP contribution is 2.43. The molecule has 0 aromatic heterocycles. The van der Waals surface area contributed by atoms with Gasteiger partial charge in [0.15, 0.2) is 29.9 Å². The predicted molar refractivity (Wildman–Crippen MR) is 74.7 cm³/mol. The molecule has 1 saturated carbocycles. The van der Waals surface area contributed by atoms with Gasteiger partial charge in [-0.25, -0.2) is 22.0 Å². The van der Waals surface area contributed by atoms with Crippen LogP contribution in [0.4, 0.5) is 27.6 Å². The molecule has 0 unspecified atom stereocenters. The second-order valence-electron chi connectivity index (χ2n) is 5.99. The summed E-state index contributed by atoms with van der Waals surface area (Å²) in [5, 5.41) is 1.54. The van der Waals surface area contributed by atoms with Gasteiger partial charge < -0.3 is 10.1 Å². The Labute approximate surface area is 138 Å². The number of nitrogens with one attached hydrogen (secondary N) is 1. The standard InChI is InChI=1S/C16H12F5NO3/c17-10-11(18)13(20)15(14(21)12(10)19)22-9(23)5-25-16(24)8-4-6-1-2-7(8)3-6/h1-2,6-8H,3-5H2,(H,22,23)/t6-,7+,8+/m0/s1. The molecule has 134 valence electrons. The summed E-state index contributed by atoms with van der Waals surface area (Å²) in [5.41, 5.74) is -1.49. The molecule has 0 aliphatic heterocycles. The molecular formula is C16H12F5NO3. The molecule has 2 aliphatic rings. The molecule has 3 atom stereocenters.